The lowest BCUT2D eigenvalue weighted by Gasteiger charge is -2.51. The van der Waals surface area contributed by atoms with Crippen LogP contribution in [0, 0.1) is 17.8 Å². The number of β-lactam (4-membered cyclic amide) rings is 1. The van der Waals surface area contributed by atoms with Crippen molar-refractivity contribution in [3.8, 4) is 5.75 Å². The molecule has 1 N–H and O–H groups in total. The number of methoxy groups -OCH3 is 1. The molecule has 1 aliphatic heterocycles. The van der Waals surface area contributed by atoms with Crippen LogP contribution in [-0.4, -0.2) is 35.9 Å². The largest absolute Gasteiger partial charge is 0.497 e. The van der Waals surface area contributed by atoms with Crippen LogP contribution in [0.3, 0.4) is 0 Å². The Hall–Kier alpha value is -2.30. The van der Waals surface area contributed by atoms with E-state index in [0.29, 0.717) is 11.8 Å². The minimum Gasteiger partial charge on any atom is -0.497 e. The summed E-state index contributed by atoms with van der Waals surface area (Å²) in [6.07, 6.45) is 11.2. The van der Waals surface area contributed by atoms with Crippen LogP contribution >= 0.6 is 0 Å². The van der Waals surface area contributed by atoms with E-state index in [-0.39, 0.29) is 29.8 Å². The average Bonchev–Trinajstić information content (AvgIpc) is 3.31. The van der Waals surface area contributed by atoms with Crippen molar-refractivity contribution in [1.29, 1.82) is 0 Å². The maximum Gasteiger partial charge on any atom is 0.247 e. The standard InChI is InChI=1S/C23H28N2O3/c1-28-18-11-9-14(10-12-18)21(22(26)24-17-5-3-2-4-6-17)25-20-16-8-7-15(13-16)19(20)23(25)27/h7-12,15-17,19-21H,2-6,13H2,1H3,(H,24,26)/t15-,16+,19+,20-,21?/m0/s1. The number of likely N-dealkylation sites (tertiary alicyclic amines) is 1. The van der Waals surface area contributed by atoms with E-state index < -0.39 is 6.04 Å². The van der Waals surface area contributed by atoms with Crippen LogP contribution in [0.4, 0.5) is 0 Å². The molecule has 28 heavy (non-hydrogen) atoms. The van der Waals surface area contributed by atoms with Gasteiger partial charge in [0.15, 0.2) is 0 Å². The summed E-state index contributed by atoms with van der Waals surface area (Å²) in [4.78, 5) is 28.3. The number of nitrogens with zero attached hydrogens (tertiary/aromatic N) is 1. The zero-order valence-corrected chi connectivity index (χ0v) is 16.3. The molecule has 0 radical (unpaired) electrons. The first kappa shape index (κ1) is 17.8. The Morgan fingerprint density at radius 2 is 1.82 bits per heavy atom. The molecule has 1 aromatic rings. The first-order valence-corrected chi connectivity index (χ1v) is 10.6. The minimum absolute atomic E-state index is 0.0318. The van der Waals surface area contributed by atoms with Gasteiger partial charge in [-0.25, -0.2) is 0 Å². The third kappa shape index (κ3) is 2.75. The van der Waals surface area contributed by atoms with Crippen molar-refractivity contribution in [1.82, 2.24) is 10.2 Å². The molecule has 5 rings (SSSR count). The van der Waals surface area contributed by atoms with Gasteiger partial charge in [-0.15, -0.1) is 0 Å². The van der Waals surface area contributed by atoms with Gasteiger partial charge in [-0.1, -0.05) is 43.5 Å². The van der Waals surface area contributed by atoms with Crippen molar-refractivity contribution in [2.45, 2.75) is 56.7 Å². The van der Waals surface area contributed by atoms with Gasteiger partial charge in [0.2, 0.25) is 11.8 Å². The van der Waals surface area contributed by atoms with Crippen LogP contribution in [0.1, 0.15) is 50.1 Å². The molecule has 5 nitrogen and oxygen atoms in total. The highest BCUT2D eigenvalue weighted by Gasteiger charge is 2.62. The van der Waals surface area contributed by atoms with E-state index in [1.165, 1.54) is 19.3 Å². The number of hydrogen-bond acceptors (Lipinski definition) is 3. The number of amides is 2. The van der Waals surface area contributed by atoms with Gasteiger partial charge in [0.05, 0.1) is 19.1 Å². The Balaban J connectivity index is 1.43. The number of allylic oxidation sites excluding steroid dienone is 1. The number of nitrogens with one attached hydrogen (secondary N) is 1. The molecule has 3 aliphatic carbocycles. The molecule has 4 aliphatic rings. The highest BCUT2D eigenvalue weighted by atomic mass is 16.5. The van der Waals surface area contributed by atoms with Gasteiger partial charge < -0.3 is 15.0 Å². The average molecular weight is 380 g/mol. The van der Waals surface area contributed by atoms with E-state index in [4.69, 9.17) is 4.74 Å². The maximum atomic E-state index is 13.4. The maximum absolute atomic E-state index is 13.4. The molecule has 2 amide bonds. The Labute approximate surface area is 166 Å². The summed E-state index contributed by atoms with van der Waals surface area (Å²) in [5.74, 6) is 1.72. The summed E-state index contributed by atoms with van der Waals surface area (Å²) in [6, 6.07) is 7.45. The van der Waals surface area contributed by atoms with Crippen LogP contribution in [0.5, 0.6) is 5.75 Å². The van der Waals surface area contributed by atoms with Crippen LogP contribution in [-0.2, 0) is 9.59 Å². The van der Waals surface area contributed by atoms with Crippen LogP contribution in [0.2, 0.25) is 0 Å². The first-order chi connectivity index (χ1) is 13.7. The number of hydrogen-bond donors (Lipinski definition) is 1. The second kappa shape index (κ2) is 6.94. The topological polar surface area (TPSA) is 58.6 Å². The normalized spacial score (nSPS) is 32.0. The minimum atomic E-state index is -0.547. The van der Waals surface area contributed by atoms with Crippen LogP contribution in [0.25, 0.3) is 0 Å². The fraction of sp³-hybridized carbons (Fsp3) is 0.565. The van der Waals surface area contributed by atoms with Crippen LogP contribution in [0.15, 0.2) is 36.4 Å². The smallest absolute Gasteiger partial charge is 0.247 e. The molecule has 148 valence electrons. The molecule has 2 saturated carbocycles. The number of benzene rings is 1. The third-order valence-electron chi connectivity index (χ3n) is 7.19. The summed E-state index contributed by atoms with van der Waals surface area (Å²) < 4.78 is 5.27. The summed E-state index contributed by atoms with van der Waals surface area (Å²) in [5.41, 5.74) is 0.868. The van der Waals surface area contributed by atoms with Crippen molar-refractivity contribution in [2.75, 3.05) is 7.11 Å². The lowest BCUT2D eigenvalue weighted by atomic mass is 9.77. The van der Waals surface area contributed by atoms with E-state index in [2.05, 4.69) is 17.5 Å². The molecule has 5 heteroatoms. The van der Waals surface area contributed by atoms with E-state index in [0.717, 1.165) is 30.6 Å². The summed E-state index contributed by atoms with van der Waals surface area (Å²) in [5, 5.41) is 3.26. The van der Waals surface area contributed by atoms with Crippen molar-refractivity contribution in [3.63, 3.8) is 0 Å². The SMILES string of the molecule is COc1ccc(C(C(=O)NC2CCCCC2)N2C(=O)[C@H]3[C@@H]2[C@@H]2C=C[C@H]3C2)cc1. The first-order valence-electron chi connectivity index (χ1n) is 10.6. The zero-order chi connectivity index (χ0) is 19.3. The Bertz CT molecular complexity index is 797. The molecule has 1 unspecified atom stereocenters. The van der Waals surface area contributed by atoms with Crippen molar-refractivity contribution in [3.05, 3.63) is 42.0 Å². The third-order valence-corrected chi connectivity index (χ3v) is 7.19. The van der Waals surface area contributed by atoms with Gasteiger partial charge in [0.1, 0.15) is 11.8 Å². The summed E-state index contributed by atoms with van der Waals surface area (Å²) in [7, 11) is 1.63. The fourth-order valence-corrected chi connectivity index (χ4v) is 5.79. The molecule has 3 fully saturated rings. The summed E-state index contributed by atoms with van der Waals surface area (Å²) in [6.45, 7) is 0. The predicted molar refractivity (Wildman–Crippen MR) is 106 cm³/mol. The molecule has 0 spiro atoms. The lowest BCUT2D eigenvalue weighted by molar-refractivity contribution is -0.166. The number of fused-ring (bicyclic) bond motifs is 5. The van der Waals surface area contributed by atoms with Crippen molar-refractivity contribution < 1.29 is 14.3 Å². The fourth-order valence-electron chi connectivity index (χ4n) is 5.79. The van der Waals surface area contributed by atoms with Gasteiger partial charge in [-0.05, 0) is 48.8 Å². The van der Waals surface area contributed by atoms with E-state index in [1.54, 1.807) is 7.11 Å². The number of carbonyl (C=O) groups excluding carboxylic acids is 2. The number of rotatable bonds is 5. The molecule has 2 bridgehead atoms. The number of carbonyl (C=O) groups is 2. The lowest BCUT2D eigenvalue weighted by Crippen LogP contribution is -2.65. The van der Waals surface area contributed by atoms with E-state index >= 15 is 0 Å². The second-order valence-corrected chi connectivity index (χ2v) is 8.73. The van der Waals surface area contributed by atoms with Gasteiger partial charge in [-0.2, -0.15) is 0 Å². The molecule has 1 heterocycles. The number of ether oxygens (including phenoxy) is 1. The van der Waals surface area contributed by atoms with Gasteiger partial charge in [-0.3, -0.25) is 9.59 Å². The summed E-state index contributed by atoms with van der Waals surface area (Å²) >= 11 is 0. The van der Waals surface area contributed by atoms with E-state index in [1.807, 2.05) is 29.2 Å². The highest BCUT2D eigenvalue weighted by molar-refractivity contribution is 5.94. The van der Waals surface area contributed by atoms with Gasteiger partial charge >= 0.3 is 0 Å². The van der Waals surface area contributed by atoms with Gasteiger partial charge in [0.25, 0.3) is 0 Å². The Morgan fingerprint density at radius 1 is 1.11 bits per heavy atom. The predicted octanol–water partition coefficient (Wildman–Crippen LogP) is 3.22. The van der Waals surface area contributed by atoms with Crippen molar-refractivity contribution >= 4 is 11.8 Å². The van der Waals surface area contributed by atoms with Gasteiger partial charge in [0, 0.05) is 6.04 Å². The molecular weight excluding hydrogens is 352 g/mol. The van der Waals surface area contributed by atoms with Crippen molar-refractivity contribution in [2.24, 2.45) is 17.8 Å². The quantitative estimate of drug-likeness (QED) is 0.630. The molecule has 1 saturated heterocycles. The highest BCUT2D eigenvalue weighted by Crippen LogP contribution is 2.55. The molecule has 5 atom stereocenters. The second-order valence-electron chi connectivity index (χ2n) is 8.73. The molecular formula is C23H28N2O3. The monoisotopic (exact) mass is 380 g/mol. The Kier molecular flexibility index (Phi) is 4.41. The van der Waals surface area contributed by atoms with E-state index in [9.17, 15) is 9.59 Å². The Morgan fingerprint density at radius 3 is 2.54 bits per heavy atom. The van der Waals surface area contributed by atoms with Crippen LogP contribution < -0.4 is 10.1 Å². The zero-order valence-electron chi connectivity index (χ0n) is 16.3. The molecule has 0 aromatic heterocycles. The molecule has 1 aromatic carbocycles.